The molecule has 9 heteroatoms. The number of halogens is 1. The number of anilines is 1. The highest BCUT2D eigenvalue weighted by Gasteiger charge is 2.53. The van der Waals surface area contributed by atoms with E-state index in [-0.39, 0.29) is 6.61 Å². The molecule has 0 amide bonds. The Labute approximate surface area is 148 Å². The van der Waals surface area contributed by atoms with E-state index in [1.54, 1.807) is 0 Å². The van der Waals surface area contributed by atoms with Crippen molar-refractivity contribution in [3.8, 4) is 0 Å². The van der Waals surface area contributed by atoms with Crippen LogP contribution in [0.3, 0.4) is 0 Å². The SMILES string of the molecule is C[C@]1(CO)O[C@@H](n2cc(F)c(N)nc2=O)[C@H](O)[C@@H]1OCc1ccccc1. The summed E-state index contributed by atoms with van der Waals surface area (Å²) < 4.78 is 25.9. The first-order chi connectivity index (χ1) is 12.4. The average molecular weight is 365 g/mol. The summed E-state index contributed by atoms with van der Waals surface area (Å²) in [6.45, 7) is 1.23. The molecule has 0 spiro atoms. The lowest BCUT2D eigenvalue weighted by Crippen LogP contribution is -2.45. The van der Waals surface area contributed by atoms with Crippen LogP contribution >= 0.6 is 0 Å². The van der Waals surface area contributed by atoms with Gasteiger partial charge in [-0.1, -0.05) is 30.3 Å². The number of nitrogens with two attached hydrogens (primary N) is 1. The maximum Gasteiger partial charge on any atom is 0.351 e. The van der Waals surface area contributed by atoms with Crippen molar-refractivity contribution in [2.24, 2.45) is 0 Å². The van der Waals surface area contributed by atoms with E-state index in [2.05, 4.69) is 4.98 Å². The number of aliphatic hydroxyl groups is 2. The standard InChI is InChI=1S/C17H20FN3O5/c1-17(9-22)13(25-8-10-5-3-2-4-6-10)12(23)15(26-17)21-7-11(18)14(19)20-16(21)24/h2-7,12-13,15,22-23H,8-9H2,1H3,(H2,19,20,24)/t12-,13+,15-,17-/m1/s1. The molecule has 0 aliphatic carbocycles. The van der Waals surface area contributed by atoms with Gasteiger partial charge in [0.05, 0.1) is 19.4 Å². The molecule has 4 atom stereocenters. The Hall–Kier alpha value is -2.33. The summed E-state index contributed by atoms with van der Waals surface area (Å²) in [5, 5.41) is 20.4. The molecular weight excluding hydrogens is 345 g/mol. The summed E-state index contributed by atoms with van der Waals surface area (Å²) in [5.74, 6) is -1.46. The van der Waals surface area contributed by atoms with Crippen molar-refractivity contribution in [2.45, 2.75) is 37.6 Å². The minimum Gasteiger partial charge on any atom is -0.393 e. The molecule has 1 aromatic heterocycles. The third-order valence-corrected chi connectivity index (χ3v) is 4.39. The first-order valence-electron chi connectivity index (χ1n) is 8.02. The largest absolute Gasteiger partial charge is 0.393 e. The number of aliphatic hydroxyl groups excluding tert-OH is 2. The van der Waals surface area contributed by atoms with Gasteiger partial charge in [0.15, 0.2) is 17.9 Å². The molecular formula is C17H20FN3O5. The second kappa shape index (κ2) is 7.12. The Kier molecular flexibility index (Phi) is 5.05. The van der Waals surface area contributed by atoms with E-state index >= 15 is 0 Å². The molecule has 2 aromatic rings. The quantitative estimate of drug-likeness (QED) is 0.692. The molecule has 26 heavy (non-hydrogen) atoms. The highest BCUT2D eigenvalue weighted by molar-refractivity contribution is 5.26. The molecule has 3 rings (SSSR count). The lowest BCUT2D eigenvalue weighted by Gasteiger charge is -2.28. The van der Waals surface area contributed by atoms with Crippen molar-refractivity contribution in [1.29, 1.82) is 0 Å². The fraction of sp³-hybridized carbons (Fsp3) is 0.412. The van der Waals surface area contributed by atoms with Gasteiger partial charge < -0.3 is 25.4 Å². The number of nitrogen functional groups attached to an aromatic ring is 1. The Morgan fingerprint density at radius 3 is 2.77 bits per heavy atom. The number of aromatic nitrogens is 2. The van der Waals surface area contributed by atoms with Gasteiger partial charge in [-0.05, 0) is 12.5 Å². The van der Waals surface area contributed by atoms with Gasteiger partial charge in [-0.2, -0.15) is 4.98 Å². The van der Waals surface area contributed by atoms with Crippen LogP contribution in [0.4, 0.5) is 10.2 Å². The van der Waals surface area contributed by atoms with Crippen LogP contribution in [0.5, 0.6) is 0 Å². The minimum atomic E-state index is -1.33. The van der Waals surface area contributed by atoms with E-state index < -0.39 is 48.0 Å². The van der Waals surface area contributed by atoms with Crippen LogP contribution in [-0.2, 0) is 16.1 Å². The summed E-state index contributed by atoms with van der Waals surface area (Å²) in [6, 6.07) is 9.24. The number of hydrogen-bond donors (Lipinski definition) is 3. The van der Waals surface area contributed by atoms with Crippen LogP contribution in [0.1, 0.15) is 18.7 Å². The van der Waals surface area contributed by atoms with Gasteiger partial charge >= 0.3 is 5.69 Å². The summed E-state index contributed by atoms with van der Waals surface area (Å²) in [6.07, 6.45) is -2.75. The zero-order valence-electron chi connectivity index (χ0n) is 14.1. The van der Waals surface area contributed by atoms with Gasteiger partial charge in [-0.15, -0.1) is 0 Å². The van der Waals surface area contributed by atoms with Gasteiger partial charge in [0.2, 0.25) is 0 Å². The molecule has 0 radical (unpaired) electrons. The van der Waals surface area contributed by atoms with E-state index in [1.807, 2.05) is 30.3 Å². The zero-order chi connectivity index (χ0) is 18.9. The first kappa shape index (κ1) is 18.5. The van der Waals surface area contributed by atoms with Gasteiger partial charge in [0.25, 0.3) is 0 Å². The van der Waals surface area contributed by atoms with E-state index in [4.69, 9.17) is 15.2 Å². The molecule has 1 aliphatic rings. The molecule has 2 heterocycles. The molecule has 0 saturated carbocycles. The second-order valence-electron chi connectivity index (χ2n) is 6.35. The van der Waals surface area contributed by atoms with Crippen LogP contribution < -0.4 is 11.4 Å². The van der Waals surface area contributed by atoms with E-state index in [0.717, 1.165) is 16.3 Å². The summed E-state index contributed by atoms with van der Waals surface area (Å²) in [7, 11) is 0. The maximum atomic E-state index is 13.7. The number of ether oxygens (including phenoxy) is 2. The van der Waals surface area contributed by atoms with Crippen LogP contribution in [0.2, 0.25) is 0 Å². The molecule has 1 saturated heterocycles. The van der Waals surface area contributed by atoms with Crippen LogP contribution in [0, 0.1) is 5.82 Å². The predicted octanol–water partition coefficient (Wildman–Crippen LogP) is 0.191. The molecule has 140 valence electrons. The molecule has 0 bridgehead atoms. The normalized spacial score (nSPS) is 28.4. The molecule has 1 fully saturated rings. The van der Waals surface area contributed by atoms with Crippen LogP contribution in [0.25, 0.3) is 0 Å². The average Bonchev–Trinajstić information content (AvgIpc) is 2.88. The second-order valence-corrected chi connectivity index (χ2v) is 6.35. The van der Waals surface area contributed by atoms with Crippen LogP contribution in [-0.4, -0.2) is 44.2 Å². The number of nitrogens with zero attached hydrogens (tertiary/aromatic N) is 2. The summed E-state index contributed by atoms with van der Waals surface area (Å²) in [4.78, 5) is 15.4. The van der Waals surface area contributed by atoms with Crippen molar-refractivity contribution in [2.75, 3.05) is 12.3 Å². The smallest absolute Gasteiger partial charge is 0.351 e. The third-order valence-electron chi connectivity index (χ3n) is 4.39. The van der Waals surface area contributed by atoms with Crippen molar-refractivity contribution >= 4 is 5.82 Å². The first-order valence-corrected chi connectivity index (χ1v) is 8.02. The van der Waals surface area contributed by atoms with Gasteiger partial charge in [0, 0.05) is 0 Å². The highest BCUT2D eigenvalue weighted by atomic mass is 19.1. The Bertz CT molecular complexity index is 831. The lowest BCUT2D eigenvalue weighted by atomic mass is 9.98. The molecule has 4 N–H and O–H groups in total. The van der Waals surface area contributed by atoms with Crippen molar-refractivity contribution < 1.29 is 24.1 Å². The van der Waals surface area contributed by atoms with Gasteiger partial charge in [0.1, 0.15) is 17.8 Å². The minimum absolute atomic E-state index is 0.164. The molecule has 0 unspecified atom stereocenters. The fourth-order valence-corrected chi connectivity index (χ4v) is 2.95. The number of rotatable bonds is 5. The Morgan fingerprint density at radius 2 is 2.12 bits per heavy atom. The number of hydrogen-bond acceptors (Lipinski definition) is 7. The maximum absolute atomic E-state index is 13.7. The molecule has 1 aliphatic heterocycles. The fourth-order valence-electron chi connectivity index (χ4n) is 2.95. The lowest BCUT2D eigenvalue weighted by molar-refractivity contribution is -0.133. The Morgan fingerprint density at radius 1 is 1.42 bits per heavy atom. The topological polar surface area (TPSA) is 120 Å². The van der Waals surface area contributed by atoms with Crippen molar-refractivity contribution in [3.05, 3.63) is 58.4 Å². The predicted molar refractivity (Wildman–Crippen MR) is 89.5 cm³/mol. The van der Waals surface area contributed by atoms with Crippen molar-refractivity contribution in [1.82, 2.24) is 9.55 Å². The van der Waals surface area contributed by atoms with E-state index in [9.17, 15) is 19.4 Å². The molecule has 1 aromatic carbocycles. The number of benzene rings is 1. The van der Waals surface area contributed by atoms with Gasteiger partial charge in [-0.25, -0.2) is 9.18 Å². The van der Waals surface area contributed by atoms with E-state index in [1.165, 1.54) is 6.92 Å². The molecule has 8 nitrogen and oxygen atoms in total. The monoisotopic (exact) mass is 365 g/mol. The van der Waals surface area contributed by atoms with Gasteiger partial charge in [-0.3, -0.25) is 4.57 Å². The Balaban J connectivity index is 1.87. The van der Waals surface area contributed by atoms with Crippen molar-refractivity contribution in [3.63, 3.8) is 0 Å². The zero-order valence-corrected chi connectivity index (χ0v) is 14.1. The third kappa shape index (κ3) is 3.34. The summed E-state index contributed by atoms with van der Waals surface area (Å²) in [5.41, 5.74) is 3.96. The highest BCUT2D eigenvalue weighted by Crippen LogP contribution is 2.38. The van der Waals surface area contributed by atoms with Crippen LogP contribution in [0.15, 0.2) is 41.3 Å². The summed E-state index contributed by atoms with van der Waals surface area (Å²) >= 11 is 0. The van der Waals surface area contributed by atoms with E-state index in [0.29, 0.717) is 0 Å².